The molecule has 33 heavy (non-hydrogen) atoms. The number of aryl methyl sites for hydroxylation is 2. The van der Waals surface area contributed by atoms with Crippen LogP contribution in [-0.2, 0) is 14.8 Å². The van der Waals surface area contributed by atoms with Crippen molar-refractivity contribution < 1.29 is 22.7 Å². The summed E-state index contributed by atoms with van der Waals surface area (Å²) in [5.41, 5.74) is 2.28. The second-order valence-electron chi connectivity index (χ2n) is 7.35. The maximum Gasteiger partial charge on any atom is 0.262 e. The van der Waals surface area contributed by atoms with Crippen LogP contribution in [0.1, 0.15) is 27.0 Å². The van der Waals surface area contributed by atoms with Gasteiger partial charge in [0.05, 0.1) is 10.5 Å². The van der Waals surface area contributed by atoms with Gasteiger partial charge in [0.25, 0.3) is 5.91 Å². The van der Waals surface area contributed by atoms with E-state index < -0.39 is 22.5 Å². The number of carbonyl (C=O) groups is 2. The maximum atomic E-state index is 13.1. The third kappa shape index (κ3) is 6.33. The van der Waals surface area contributed by atoms with E-state index in [4.69, 9.17) is 33.1 Å². The molecule has 0 spiro atoms. The van der Waals surface area contributed by atoms with Gasteiger partial charge in [0.1, 0.15) is 5.75 Å². The first-order valence-electron chi connectivity index (χ1n) is 9.61. The molecule has 0 saturated heterocycles. The summed E-state index contributed by atoms with van der Waals surface area (Å²) in [6, 6.07) is 13.6. The van der Waals surface area contributed by atoms with Crippen LogP contribution in [0, 0.1) is 13.8 Å². The molecule has 10 heteroatoms. The number of hydrogen-bond donors (Lipinski definition) is 2. The molecule has 172 valence electrons. The average Bonchev–Trinajstić information content (AvgIpc) is 2.72. The van der Waals surface area contributed by atoms with Crippen molar-refractivity contribution in [1.82, 2.24) is 0 Å². The number of ether oxygens (including phenoxy) is 1. The molecule has 3 aromatic carbocycles. The van der Waals surface area contributed by atoms with Crippen LogP contribution in [0.25, 0.3) is 0 Å². The molecule has 1 amide bonds. The zero-order valence-electron chi connectivity index (χ0n) is 17.7. The Morgan fingerprint density at radius 2 is 1.70 bits per heavy atom. The maximum absolute atomic E-state index is 13.1. The summed E-state index contributed by atoms with van der Waals surface area (Å²) in [5, 5.41) is 8.51. The number of sulfonamides is 1. The van der Waals surface area contributed by atoms with E-state index in [1.165, 1.54) is 30.3 Å². The molecule has 0 saturated carbocycles. The minimum Gasteiger partial charge on any atom is -0.483 e. The first-order chi connectivity index (χ1) is 15.4. The minimum atomic E-state index is -3.85. The number of carbonyl (C=O) groups excluding carboxylic acids is 2. The molecule has 3 N–H and O–H groups in total. The number of hydrogen-bond acceptors (Lipinski definition) is 5. The van der Waals surface area contributed by atoms with Crippen LogP contribution in [0.2, 0.25) is 10.0 Å². The van der Waals surface area contributed by atoms with Crippen LogP contribution in [0.4, 0.5) is 5.69 Å². The fraction of sp³-hybridized carbons (Fsp3) is 0.130. The van der Waals surface area contributed by atoms with Crippen LogP contribution in [0.15, 0.2) is 59.5 Å². The molecule has 0 aliphatic carbocycles. The van der Waals surface area contributed by atoms with Gasteiger partial charge >= 0.3 is 0 Å². The van der Waals surface area contributed by atoms with E-state index in [2.05, 4.69) is 5.32 Å². The van der Waals surface area contributed by atoms with E-state index in [0.29, 0.717) is 26.9 Å². The highest BCUT2D eigenvalue weighted by Crippen LogP contribution is 2.27. The number of anilines is 1. The molecule has 7 nitrogen and oxygen atoms in total. The van der Waals surface area contributed by atoms with Gasteiger partial charge in [0, 0.05) is 21.3 Å². The fourth-order valence-corrected chi connectivity index (χ4v) is 4.17. The lowest BCUT2D eigenvalue weighted by Crippen LogP contribution is -2.21. The van der Waals surface area contributed by atoms with E-state index in [-0.39, 0.29) is 22.0 Å². The number of nitrogens with one attached hydrogen (secondary N) is 1. The van der Waals surface area contributed by atoms with Crippen molar-refractivity contribution in [2.45, 2.75) is 18.7 Å². The smallest absolute Gasteiger partial charge is 0.262 e. The van der Waals surface area contributed by atoms with Gasteiger partial charge in [-0.1, -0.05) is 23.2 Å². The number of rotatable bonds is 7. The largest absolute Gasteiger partial charge is 0.483 e. The molecular formula is C23H20Cl2N2O5S. The molecule has 0 aromatic heterocycles. The van der Waals surface area contributed by atoms with Crippen molar-refractivity contribution >= 4 is 50.6 Å². The predicted molar refractivity (Wildman–Crippen MR) is 128 cm³/mol. The van der Waals surface area contributed by atoms with E-state index in [9.17, 15) is 18.0 Å². The first-order valence-corrected chi connectivity index (χ1v) is 11.9. The molecule has 0 aliphatic heterocycles. The molecule has 3 aromatic rings. The Bertz CT molecular complexity index is 1340. The summed E-state index contributed by atoms with van der Waals surface area (Å²) in [7, 11) is -3.85. The number of benzene rings is 3. The zero-order chi connectivity index (χ0) is 24.3. The van der Waals surface area contributed by atoms with Crippen LogP contribution < -0.4 is 15.2 Å². The minimum absolute atomic E-state index is 0.0604. The van der Waals surface area contributed by atoms with Crippen molar-refractivity contribution in [3.63, 3.8) is 0 Å². The van der Waals surface area contributed by atoms with Crippen molar-refractivity contribution in [3.05, 3.63) is 86.9 Å². The quantitative estimate of drug-likeness (QED) is 0.457. The van der Waals surface area contributed by atoms with Gasteiger partial charge < -0.3 is 10.1 Å². The number of amides is 1. The third-order valence-corrected chi connectivity index (χ3v) is 6.01. The molecule has 0 bridgehead atoms. The second-order valence-corrected chi connectivity index (χ2v) is 9.78. The number of ketones is 1. The van der Waals surface area contributed by atoms with Crippen molar-refractivity contribution in [1.29, 1.82) is 0 Å². The summed E-state index contributed by atoms with van der Waals surface area (Å²) < 4.78 is 28.5. The highest BCUT2D eigenvalue weighted by Gasteiger charge is 2.18. The van der Waals surface area contributed by atoms with Crippen LogP contribution in [0.3, 0.4) is 0 Å². The van der Waals surface area contributed by atoms with Gasteiger partial charge in [-0.05, 0) is 79.6 Å². The summed E-state index contributed by atoms with van der Waals surface area (Å²) in [5.74, 6) is -0.681. The Kier molecular flexibility index (Phi) is 7.44. The Morgan fingerprint density at radius 1 is 0.970 bits per heavy atom. The average molecular weight is 507 g/mol. The third-order valence-electron chi connectivity index (χ3n) is 4.65. The Morgan fingerprint density at radius 3 is 2.33 bits per heavy atom. The van der Waals surface area contributed by atoms with Crippen molar-refractivity contribution in [3.8, 4) is 5.75 Å². The highest BCUT2D eigenvalue weighted by molar-refractivity contribution is 7.89. The van der Waals surface area contributed by atoms with E-state index >= 15 is 0 Å². The van der Waals surface area contributed by atoms with Gasteiger partial charge in [0.15, 0.2) is 12.4 Å². The Balaban J connectivity index is 1.77. The second kappa shape index (κ2) is 9.93. The van der Waals surface area contributed by atoms with Gasteiger partial charge in [-0.15, -0.1) is 0 Å². The molecule has 0 unspecified atom stereocenters. The summed E-state index contributed by atoms with van der Waals surface area (Å²) >= 11 is 12.2. The lowest BCUT2D eigenvalue weighted by Gasteiger charge is -2.13. The zero-order valence-corrected chi connectivity index (χ0v) is 20.0. The van der Waals surface area contributed by atoms with E-state index in [1.807, 2.05) is 6.92 Å². The van der Waals surface area contributed by atoms with Gasteiger partial charge in [-0.2, -0.15) is 0 Å². The topological polar surface area (TPSA) is 116 Å². The van der Waals surface area contributed by atoms with Gasteiger partial charge in [0.2, 0.25) is 10.0 Å². The van der Waals surface area contributed by atoms with Crippen LogP contribution in [0.5, 0.6) is 5.75 Å². The standard InChI is InChI=1S/C23H20Cl2N2O5S/c1-13-7-15(10-17(25)8-13)23(29)19-11-16(24)3-6-21(19)32-12-22(28)27-20-5-4-18(9-14(20)2)33(26,30)31/h3-11H,12H2,1-2H3,(H,27,28)(H2,26,30,31). The van der Waals surface area contributed by atoms with E-state index in [0.717, 1.165) is 5.56 Å². The molecule has 0 fully saturated rings. The summed E-state index contributed by atoms with van der Waals surface area (Å²) in [6.07, 6.45) is 0. The molecule has 0 aliphatic rings. The first kappa shape index (κ1) is 24.7. The Labute approximate surface area is 201 Å². The predicted octanol–water partition coefficient (Wildman–Crippen LogP) is 4.51. The molecule has 3 rings (SSSR count). The molecular weight excluding hydrogens is 487 g/mol. The fourth-order valence-electron chi connectivity index (χ4n) is 3.11. The number of halogens is 2. The van der Waals surface area contributed by atoms with Gasteiger partial charge in [-0.3, -0.25) is 9.59 Å². The van der Waals surface area contributed by atoms with Crippen molar-refractivity contribution in [2.24, 2.45) is 5.14 Å². The van der Waals surface area contributed by atoms with Gasteiger partial charge in [-0.25, -0.2) is 13.6 Å². The normalized spacial score (nSPS) is 11.2. The lowest BCUT2D eigenvalue weighted by atomic mass is 10.0. The summed E-state index contributed by atoms with van der Waals surface area (Å²) in [4.78, 5) is 25.4. The molecule has 0 atom stereocenters. The van der Waals surface area contributed by atoms with Crippen LogP contribution in [-0.4, -0.2) is 26.7 Å². The van der Waals surface area contributed by atoms with Crippen LogP contribution >= 0.6 is 23.2 Å². The molecule has 0 heterocycles. The number of nitrogens with two attached hydrogens (primary N) is 1. The SMILES string of the molecule is Cc1cc(Cl)cc(C(=O)c2cc(Cl)ccc2OCC(=O)Nc2ccc(S(N)(=O)=O)cc2C)c1. The van der Waals surface area contributed by atoms with Crippen molar-refractivity contribution in [2.75, 3.05) is 11.9 Å². The molecule has 0 radical (unpaired) electrons. The summed E-state index contributed by atoms with van der Waals surface area (Å²) in [6.45, 7) is 3.06. The highest BCUT2D eigenvalue weighted by atomic mass is 35.5. The van der Waals surface area contributed by atoms with E-state index in [1.54, 1.807) is 31.2 Å². The Hall–Kier alpha value is -2.91. The number of primary sulfonamides is 1. The lowest BCUT2D eigenvalue weighted by molar-refractivity contribution is -0.118. The monoisotopic (exact) mass is 506 g/mol.